The van der Waals surface area contributed by atoms with Gasteiger partial charge in [0, 0.05) is 44.3 Å². The maximum Gasteiger partial charge on any atom is 0.122 e. The summed E-state index contributed by atoms with van der Waals surface area (Å²) in [4.78, 5) is 5.11. The van der Waals surface area contributed by atoms with Crippen molar-refractivity contribution in [2.45, 2.75) is 39.8 Å². The molecule has 1 aromatic carbocycles. The van der Waals surface area contributed by atoms with E-state index in [4.69, 9.17) is 11.1 Å². The highest BCUT2D eigenvalue weighted by molar-refractivity contribution is 5.95. The lowest BCUT2D eigenvalue weighted by atomic mass is 10.0. The van der Waals surface area contributed by atoms with Crippen LogP contribution in [-0.4, -0.2) is 47.9 Å². The first-order valence-corrected chi connectivity index (χ1v) is 7.91. The van der Waals surface area contributed by atoms with Gasteiger partial charge < -0.3 is 5.73 Å². The van der Waals surface area contributed by atoms with E-state index in [2.05, 4.69) is 36.6 Å². The van der Waals surface area contributed by atoms with Gasteiger partial charge in [0.25, 0.3) is 0 Å². The normalized spacial score (nSPS) is 18.6. The number of nitrogen functional groups attached to an aromatic ring is 1. The van der Waals surface area contributed by atoms with E-state index in [0.717, 1.165) is 25.2 Å². The number of amidine groups is 1. The second-order valence-corrected chi connectivity index (χ2v) is 6.12. The molecule has 0 saturated carbocycles. The van der Waals surface area contributed by atoms with E-state index in [1.54, 1.807) is 0 Å². The van der Waals surface area contributed by atoms with Gasteiger partial charge in [-0.15, -0.1) is 0 Å². The molecule has 4 heteroatoms. The minimum Gasteiger partial charge on any atom is -0.384 e. The summed E-state index contributed by atoms with van der Waals surface area (Å²) < 4.78 is 0. The number of nitrogens with zero attached hydrogens (tertiary/aromatic N) is 2. The van der Waals surface area contributed by atoms with Crippen LogP contribution >= 0.6 is 0 Å². The molecule has 0 radical (unpaired) electrons. The summed E-state index contributed by atoms with van der Waals surface area (Å²) in [5.41, 5.74) is 8.93. The van der Waals surface area contributed by atoms with Crippen molar-refractivity contribution in [1.29, 1.82) is 5.41 Å². The number of nitrogens with two attached hydrogens (primary N) is 1. The molecule has 1 heterocycles. The molecule has 1 aliphatic heterocycles. The van der Waals surface area contributed by atoms with Gasteiger partial charge in [0.2, 0.25) is 0 Å². The van der Waals surface area contributed by atoms with E-state index >= 15 is 0 Å². The number of aryl methyl sites for hydroxylation is 1. The lowest BCUT2D eigenvalue weighted by molar-refractivity contribution is 0.0962. The van der Waals surface area contributed by atoms with E-state index in [-0.39, 0.29) is 5.84 Å². The maximum absolute atomic E-state index is 7.50. The van der Waals surface area contributed by atoms with Crippen LogP contribution in [-0.2, 0) is 6.54 Å². The van der Waals surface area contributed by atoms with Crippen LogP contribution in [0, 0.1) is 12.3 Å². The molecule has 0 amide bonds. The molecule has 4 nitrogen and oxygen atoms in total. The third-order valence-electron chi connectivity index (χ3n) is 4.67. The quantitative estimate of drug-likeness (QED) is 0.645. The van der Waals surface area contributed by atoms with Crippen molar-refractivity contribution in [3.8, 4) is 0 Å². The van der Waals surface area contributed by atoms with Gasteiger partial charge in [-0.25, -0.2) is 0 Å². The molecule has 0 aromatic heterocycles. The van der Waals surface area contributed by atoms with Crippen LogP contribution < -0.4 is 5.73 Å². The van der Waals surface area contributed by atoms with Crippen molar-refractivity contribution in [2.24, 2.45) is 5.73 Å². The van der Waals surface area contributed by atoms with Crippen LogP contribution in [0.25, 0.3) is 0 Å². The topological polar surface area (TPSA) is 56.4 Å². The van der Waals surface area contributed by atoms with Crippen molar-refractivity contribution in [3.63, 3.8) is 0 Å². The Balaban J connectivity index is 1.93. The summed E-state index contributed by atoms with van der Waals surface area (Å²) in [7, 11) is 0. The molecular formula is C17H28N4. The van der Waals surface area contributed by atoms with Crippen LogP contribution in [0.4, 0.5) is 0 Å². The van der Waals surface area contributed by atoms with Crippen molar-refractivity contribution in [3.05, 3.63) is 34.9 Å². The molecule has 1 fully saturated rings. The van der Waals surface area contributed by atoms with Crippen LogP contribution in [0.1, 0.15) is 37.0 Å². The number of hydrogen-bond acceptors (Lipinski definition) is 3. The summed E-state index contributed by atoms with van der Waals surface area (Å²) in [5.74, 6) is 0.145. The Labute approximate surface area is 128 Å². The Hall–Kier alpha value is -1.39. The molecule has 0 aliphatic carbocycles. The van der Waals surface area contributed by atoms with Gasteiger partial charge in [-0.2, -0.15) is 0 Å². The van der Waals surface area contributed by atoms with Crippen molar-refractivity contribution >= 4 is 5.84 Å². The third-order valence-corrected chi connectivity index (χ3v) is 4.67. The zero-order valence-corrected chi connectivity index (χ0v) is 13.5. The fourth-order valence-electron chi connectivity index (χ4n) is 2.90. The highest BCUT2D eigenvalue weighted by Crippen LogP contribution is 2.16. The zero-order valence-electron chi connectivity index (χ0n) is 13.5. The molecule has 1 unspecified atom stereocenters. The van der Waals surface area contributed by atoms with Gasteiger partial charge in [-0.05, 0) is 37.5 Å². The lowest BCUT2D eigenvalue weighted by Gasteiger charge is -2.38. The van der Waals surface area contributed by atoms with Gasteiger partial charge >= 0.3 is 0 Å². The average molecular weight is 288 g/mol. The molecule has 0 spiro atoms. The Morgan fingerprint density at radius 2 is 1.95 bits per heavy atom. The van der Waals surface area contributed by atoms with Gasteiger partial charge in [-0.1, -0.05) is 19.1 Å². The molecule has 2 rings (SSSR count). The van der Waals surface area contributed by atoms with Crippen LogP contribution in [0.15, 0.2) is 18.2 Å². The third kappa shape index (κ3) is 4.05. The molecule has 1 saturated heterocycles. The Bertz CT molecular complexity index is 490. The van der Waals surface area contributed by atoms with Gasteiger partial charge in [0.05, 0.1) is 0 Å². The molecule has 1 aliphatic rings. The molecule has 1 atom stereocenters. The van der Waals surface area contributed by atoms with Crippen LogP contribution in [0.3, 0.4) is 0 Å². The predicted molar refractivity (Wildman–Crippen MR) is 88.8 cm³/mol. The molecule has 21 heavy (non-hydrogen) atoms. The summed E-state index contributed by atoms with van der Waals surface area (Å²) in [6, 6.07) is 6.80. The Morgan fingerprint density at radius 3 is 2.48 bits per heavy atom. The number of nitrogens with one attached hydrogen (secondary N) is 1. The highest BCUT2D eigenvalue weighted by atomic mass is 15.3. The Kier molecular flexibility index (Phi) is 5.37. The van der Waals surface area contributed by atoms with Gasteiger partial charge in [0.15, 0.2) is 0 Å². The van der Waals surface area contributed by atoms with E-state index in [9.17, 15) is 0 Å². The van der Waals surface area contributed by atoms with Crippen molar-refractivity contribution < 1.29 is 0 Å². The minimum atomic E-state index is 0.145. The number of hydrogen-bond donors (Lipinski definition) is 2. The summed E-state index contributed by atoms with van der Waals surface area (Å²) >= 11 is 0. The first kappa shape index (κ1) is 16.0. The predicted octanol–water partition coefficient (Wildman–Crippen LogP) is 2.20. The Morgan fingerprint density at radius 1 is 1.29 bits per heavy atom. The first-order chi connectivity index (χ1) is 10.0. The fraction of sp³-hybridized carbons (Fsp3) is 0.588. The molecular weight excluding hydrogens is 260 g/mol. The van der Waals surface area contributed by atoms with Gasteiger partial charge in [0.1, 0.15) is 5.84 Å². The number of rotatable bonds is 5. The lowest BCUT2D eigenvalue weighted by Crippen LogP contribution is -2.49. The van der Waals surface area contributed by atoms with Crippen molar-refractivity contribution in [2.75, 3.05) is 26.2 Å². The molecule has 3 N–H and O–H groups in total. The average Bonchev–Trinajstić information content (AvgIpc) is 2.49. The minimum absolute atomic E-state index is 0.145. The van der Waals surface area contributed by atoms with Crippen LogP contribution in [0.5, 0.6) is 0 Å². The van der Waals surface area contributed by atoms with Gasteiger partial charge in [-0.3, -0.25) is 15.2 Å². The second-order valence-electron chi connectivity index (χ2n) is 6.12. The summed E-state index contributed by atoms with van der Waals surface area (Å²) in [5, 5.41) is 7.50. The largest absolute Gasteiger partial charge is 0.384 e. The first-order valence-electron chi connectivity index (χ1n) is 7.91. The van der Waals surface area contributed by atoms with E-state index < -0.39 is 0 Å². The summed E-state index contributed by atoms with van der Waals surface area (Å²) in [6.45, 7) is 12.3. The summed E-state index contributed by atoms with van der Waals surface area (Å²) in [6.07, 6.45) is 1.23. The van der Waals surface area contributed by atoms with E-state index in [0.29, 0.717) is 6.04 Å². The maximum atomic E-state index is 7.50. The second kappa shape index (κ2) is 7.05. The highest BCUT2D eigenvalue weighted by Gasteiger charge is 2.20. The SMILES string of the molecule is CCC(C)N1CCN(Cc2ccc(C(=N)N)cc2C)CC1. The zero-order chi connectivity index (χ0) is 15.4. The van der Waals surface area contributed by atoms with Crippen molar-refractivity contribution in [1.82, 2.24) is 9.80 Å². The number of benzene rings is 1. The molecule has 116 valence electrons. The number of piperazine rings is 1. The van der Waals surface area contributed by atoms with E-state index in [1.807, 2.05) is 12.1 Å². The fourth-order valence-corrected chi connectivity index (χ4v) is 2.90. The van der Waals surface area contributed by atoms with Crippen LogP contribution in [0.2, 0.25) is 0 Å². The van der Waals surface area contributed by atoms with E-state index in [1.165, 1.54) is 30.6 Å². The monoisotopic (exact) mass is 288 g/mol. The standard InChI is InChI=1S/C17H28N4/c1-4-14(3)21-9-7-20(8-10-21)12-16-6-5-15(17(18)19)11-13(16)2/h5-6,11,14H,4,7-10,12H2,1-3H3,(H3,18,19). The smallest absolute Gasteiger partial charge is 0.122 e. The molecule has 0 bridgehead atoms. The molecule has 1 aromatic rings.